The van der Waals surface area contributed by atoms with Crippen LogP contribution in [0.2, 0.25) is 0 Å². The Morgan fingerprint density at radius 1 is 1.70 bits per heavy atom. The molecule has 1 rings (SSSR count). The molecule has 1 heterocycles. The molecule has 0 aliphatic heterocycles. The molecule has 0 radical (unpaired) electrons. The Morgan fingerprint density at radius 3 is 2.90 bits per heavy atom. The summed E-state index contributed by atoms with van der Waals surface area (Å²) < 4.78 is 5.21. The van der Waals surface area contributed by atoms with Gasteiger partial charge in [0.1, 0.15) is 5.69 Å². The molecule has 0 aliphatic carbocycles. The minimum absolute atomic E-state index is 0.0974. The van der Waals surface area contributed by atoms with E-state index in [1.54, 1.807) is 6.92 Å². The number of pyridine rings is 1. The fraction of sp³-hybridized carbons (Fsp3) is 0.455. The van der Waals surface area contributed by atoms with Gasteiger partial charge in [0.15, 0.2) is 12.3 Å². The number of aliphatic hydroxyl groups is 1. The number of carbonyl (C=O) groups excluding carboxylic acids is 1. The van der Waals surface area contributed by atoms with Crippen molar-refractivity contribution >= 4 is 33.4 Å². The summed E-state index contributed by atoms with van der Waals surface area (Å²) in [4.78, 5) is 25.3. The van der Waals surface area contributed by atoms with E-state index in [0.717, 1.165) is 0 Å². The highest BCUT2D eigenvalue weighted by Gasteiger charge is 2.26. The first kappa shape index (κ1) is 16.3. The van der Waals surface area contributed by atoms with E-state index >= 15 is 0 Å². The lowest BCUT2D eigenvalue weighted by atomic mass is 10.2. The Labute approximate surface area is 123 Å². The first-order valence-corrected chi connectivity index (χ1v) is 6.57. The van der Waals surface area contributed by atoms with Gasteiger partial charge in [-0.3, -0.25) is 0 Å². The lowest BCUT2D eigenvalue weighted by molar-refractivity contribution is -0.388. The summed E-state index contributed by atoms with van der Waals surface area (Å²) in [5, 5.41) is 23.3. The molecule has 0 fully saturated rings. The third-order valence-electron chi connectivity index (χ3n) is 2.39. The Bertz CT molecular complexity index is 511. The molecule has 2 unspecified atom stereocenters. The van der Waals surface area contributed by atoms with Crippen molar-refractivity contribution in [1.29, 1.82) is 0 Å². The predicted octanol–water partition coefficient (Wildman–Crippen LogP) is 1.48. The summed E-state index contributed by atoms with van der Waals surface area (Å²) in [5.41, 5.74) is 0.0974. The van der Waals surface area contributed by atoms with Crippen molar-refractivity contribution in [2.45, 2.75) is 26.0 Å². The van der Waals surface area contributed by atoms with Gasteiger partial charge in [0.2, 0.25) is 0 Å². The van der Waals surface area contributed by atoms with Crippen LogP contribution in [0.4, 0.5) is 11.5 Å². The van der Waals surface area contributed by atoms with Crippen molar-refractivity contribution in [1.82, 2.24) is 4.98 Å². The van der Waals surface area contributed by atoms with Gasteiger partial charge in [-0.2, -0.15) is 0 Å². The number of aliphatic hydroxyl groups excluding tert-OH is 1. The SMILES string of the molecule is CCOC(=O)C(O)C(C)Nc1cc(Br)cnc1[N+](=O)[O-]. The highest BCUT2D eigenvalue weighted by Crippen LogP contribution is 2.26. The largest absolute Gasteiger partial charge is 0.464 e. The van der Waals surface area contributed by atoms with Crippen LogP contribution >= 0.6 is 15.9 Å². The van der Waals surface area contributed by atoms with E-state index in [0.29, 0.717) is 4.47 Å². The average molecular weight is 348 g/mol. The van der Waals surface area contributed by atoms with Crippen molar-refractivity contribution in [2.24, 2.45) is 0 Å². The Morgan fingerprint density at radius 2 is 2.35 bits per heavy atom. The number of anilines is 1. The fourth-order valence-electron chi connectivity index (χ4n) is 1.44. The van der Waals surface area contributed by atoms with E-state index in [1.807, 2.05) is 0 Å². The van der Waals surface area contributed by atoms with Gasteiger partial charge in [-0.1, -0.05) is 0 Å². The van der Waals surface area contributed by atoms with E-state index in [2.05, 4.69) is 31.0 Å². The second kappa shape index (κ2) is 7.15. The minimum Gasteiger partial charge on any atom is -0.464 e. The van der Waals surface area contributed by atoms with Gasteiger partial charge in [-0.25, -0.2) is 4.79 Å². The molecule has 0 aliphatic rings. The van der Waals surface area contributed by atoms with Gasteiger partial charge in [0.05, 0.1) is 17.1 Å². The Kier molecular flexibility index (Phi) is 5.83. The fourth-order valence-corrected chi connectivity index (χ4v) is 1.77. The number of rotatable bonds is 6. The molecule has 1 aromatic heterocycles. The lowest BCUT2D eigenvalue weighted by Gasteiger charge is -2.19. The average Bonchev–Trinajstić information content (AvgIpc) is 2.37. The maximum Gasteiger partial charge on any atom is 0.386 e. The third kappa shape index (κ3) is 4.14. The van der Waals surface area contributed by atoms with E-state index in [9.17, 15) is 20.0 Å². The van der Waals surface area contributed by atoms with Crippen molar-refractivity contribution in [3.05, 3.63) is 26.9 Å². The standard InChI is InChI=1S/C11H14BrN3O5/c1-3-20-11(17)9(16)6(2)14-8-4-7(12)5-13-10(8)15(18)19/h4-6,9,14,16H,3H2,1-2H3. The number of aromatic nitrogens is 1. The van der Waals surface area contributed by atoms with Crippen LogP contribution < -0.4 is 5.32 Å². The number of hydrogen-bond donors (Lipinski definition) is 2. The molecule has 0 saturated heterocycles. The summed E-state index contributed by atoms with van der Waals surface area (Å²) >= 11 is 3.15. The molecule has 0 amide bonds. The molecule has 0 bridgehead atoms. The summed E-state index contributed by atoms with van der Waals surface area (Å²) in [5.74, 6) is -1.19. The molecule has 8 nitrogen and oxygen atoms in total. The van der Waals surface area contributed by atoms with Crippen molar-refractivity contribution in [2.75, 3.05) is 11.9 Å². The summed E-state index contributed by atoms with van der Waals surface area (Å²) in [7, 11) is 0. The summed E-state index contributed by atoms with van der Waals surface area (Å²) in [6.07, 6.45) is -0.149. The Balaban J connectivity index is 2.89. The zero-order valence-corrected chi connectivity index (χ0v) is 12.5. The highest BCUT2D eigenvalue weighted by molar-refractivity contribution is 9.10. The quantitative estimate of drug-likeness (QED) is 0.454. The van der Waals surface area contributed by atoms with Gasteiger partial charge in [0.25, 0.3) is 0 Å². The summed E-state index contributed by atoms with van der Waals surface area (Å²) in [6, 6.07) is 0.670. The van der Waals surface area contributed by atoms with Crippen molar-refractivity contribution in [3.8, 4) is 0 Å². The number of hydrogen-bond acceptors (Lipinski definition) is 7. The molecule has 1 aromatic rings. The first-order valence-electron chi connectivity index (χ1n) is 5.78. The molecule has 2 N–H and O–H groups in total. The molecule has 0 aromatic carbocycles. The maximum atomic E-state index is 11.4. The minimum atomic E-state index is -1.44. The molecule has 110 valence electrons. The smallest absolute Gasteiger partial charge is 0.386 e. The first-order chi connectivity index (χ1) is 9.36. The number of halogens is 1. The summed E-state index contributed by atoms with van der Waals surface area (Å²) in [6.45, 7) is 3.26. The van der Waals surface area contributed by atoms with Crippen molar-refractivity contribution < 1.29 is 19.6 Å². The van der Waals surface area contributed by atoms with Gasteiger partial charge >= 0.3 is 11.8 Å². The van der Waals surface area contributed by atoms with E-state index in [1.165, 1.54) is 19.2 Å². The predicted molar refractivity (Wildman–Crippen MR) is 74.3 cm³/mol. The van der Waals surface area contributed by atoms with Gasteiger partial charge in [-0.15, -0.1) is 0 Å². The van der Waals surface area contributed by atoms with Crippen LogP contribution in [-0.4, -0.2) is 39.7 Å². The number of nitro groups is 1. The molecule has 2 atom stereocenters. The van der Waals surface area contributed by atoms with Crippen molar-refractivity contribution in [3.63, 3.8) is 0 Å². The number of ether oxygens (including phenoxy) is 1. The van der Waals surface area contributed by atoms with E-state index in [-0.39, 0.29) is 12.3 Å². The van der Waals surface area contributed by atoms with Crippen LogP contribution in [0.15, 0.2) is 16.7 Å². The third-order valence-corrected chi connectivity index (χ3v) is 2.82. The van der Waals surface area contributed by atoms with Crippen LogP contribution in [-0.2, 0) is 9.53 Å². The number of nitrogens with one attached hydrogen (secondary N) is 1. The van der Waals surface area contributed by atoms with Crippen LogP contribution in [0.1, 0.15) is 13.8 Å². The second-order valence-corrected chi connectivity index (χ2v) is 4.83. The monoisotopic (exact) mass is 347 g/mol. The van der Waals surface area contributed by atoms with Crippen LogP contribution in [0.5, 0.6) is 0 Å². The Hall–Kier alpha value is -1.74. The highest BCUT2D eigenvalue weighted by atomic mass is 79.9. The molecule has 0 saturated carbocycles. The molecular formula is C11H14BrN3O5. The molecular weight excluding hydrogens is 334 g/mol. The molecule has 0 spiro atoms. The number of carbonyl (C=O) groups is 1. The van der Waals surface area contributed by atoms with Gasteiger partial charge in [0, 0.05) is 0 Å². The lowest BCUT2D eigenvalue weighted by Crippen LogP contribution is -2.38. The second-order valence-electron chi connectivity index (χ2n) is 3.91. The van der Waals surface area contributed by atoms with Crippen LogP contribution in [0.25, 0.3) is 0 Å². The topological polar surface area (TPSA) is 115 Å². The number of esters is 1. The van der Waals surface area contributed by atoms with Gasteiger partial charge in [-0.05, 0) is 45.8 Å². The van der Waals surface area contributed by atoms with E-state index < -0.39 is 28.9 Å². The zero-order chi connectivity index (χ0) is 15.3. The van der Waals surface area contributed by atoms with E-state index in [4.69, 9.17) is 0 Å². The molecule has 20 heavy (non-hydrogen) atoms. The van der Waals surface area contributed by atoms with Crippen LogP contribution in [0.3, 0.4) is 0 Å². The normalized spacial score (nSPS) is 13.4. The van der Waals surface area contributed by atoms with Crippen LogP contribution in [0, 0.1) is 10.1 Å². The molecule has 9 heteroatoms. The number of nitrogens with zero attached hydrogens (tertiary/aromatic N) is 2. The zero-order valence-electron chi connectivity index (χ0n) is 10.9. The van der Waals surface area contributed by atoms with Gasteiger partial charge < -0.3 is 25.3 Å². The maximum absolute atomic E-state index is 11.4.